The fraction of sp³-hybridized carbons (Fsp3) is 0.348. The minimum atomic E-state index is -1.56. The molecule has 1 fully saturated rings. The predicted octanol–water partition coefficient (Wildman–Crippen LogP) is 0.410. The summed E-state index contributed by atoms with van der Waals surface area (Å²) in [4.78, 5) is 13.1. The van der Waals surface area contributed by atoms with Crippen LogP contribution in [0.15, 0.2) is 51.9 Å². The third-order valence-corrected chi connectivity index (χ3v) is 5.70. The summed E-state index contributed by atoms with van der Waals surface area (Å²) in [6, 6.07) is 9.68. The highest BCUT2D eigenvalue weighted by Crippen LogP contribution is 2.34. The molecule has 0 aliphatic carbocycles. The van der Waals surface area contributed by atoms with E-state index in [-0.39, 0.29) is 16.8 Å². The van der Waals surface area contributed by atoms with Crippen molar-refractivity contribution in [2.24, 2.45) is 0 Å². The average Bonchev–Trinajstić information content (AvgIpc) is 2.84. The van der Waals surface area contributed by atoms with Gasteiger partial charge in [-0.1, -0.05) is 6.07 Å². The van der Waals surface area contributed by atoms with Gasteiger partial charge in [-0.15, -0.1) is 0 Å². The van der Waals surface area contributed by atoms with Crippen molar-refractivity contribution in [3.63, 3.8) is 0 Å². The molecule has 2 aliphatic heterocycles. The van der Waals surface area contributed by atoms with Gasteiger partial charge in [0.25, 0.3) is 0 Å². The van der Waals surface area contributed by atoms with Gasteiger partial charge in [0, 0.05) is 6.07 Å². The number of aliphatic hydroxyl groups excluding tert-OH is 4. The first-order valence-corrected chi connectivity index (χ1v) is 10.4. The normalized spacial score (nSPS) is 26.8. The molecule has 0 saturated carbocycles. The van der Waals surface area contributed by atoms with E-state index in [9.17, 15) is 25.2 Å². The van der Waals surface area contributed by atoms with Crippen molar-refractivity contribution < 1.29 is 43.8 Å². The molecular formula is C23H22O10. The smallest absolute Gasteiger partial charge is 0.229 e. The lowest BCUT2D eigenvalue weighted by molar-refractivity contribution is -0.277. The van der Waals surface area contributed by atoms with E-state index in [2.05, 4.69) is 0 Å². The van der Waals surface area contributed by atoms with E-state index < -0.39 is 37.3 Å². The second kappa shape index (κ2) is 8.65. The van der Waals surface area contributed by atoms with Gasteiger partial charge in [0.05, 0.1) is 17.6 Å². The fourth-order valence-electron chi connectivity index (χ4n) is 3.89. The SMILES string of the molecule is O=c1c(-c2ccc3c(c2)OCCO3)coc2cc(O[C@H]3O[C@H](CO)[C@@H](O)[C@@H](O)[C@@H]3O)ccc12. The molecule has 0 radical (unpaired) electrons. The molecule has 5 rings (SSSR count). The van der Waals surface area contributed by atoms with E-state index in [0.717, 1.165) is 0 Å². The summed E-state index contributed by atoms with van der Waals surface area (Å²) >= 11 is 0. The monoisotopic (exact) mass is 458 g/mol. The molecule has 3 heterocycles. The second-order valence-electron chi connectivity index (χ2n) is 7.81. The topological polar surface area (TPSA) is 148 Å². The van der Waals surface area contributed by atoms with Gasteiger partial charge in [0.1, 0.15) is 55.2 Å². The molecule has 10 heteroatoms. The largest absolute Gasteiger partial charge is 0.486 e. The van der Waals surface area contributed by atoms with E-state index in [1.165, 1.54) is 24.5 Å². The zero-order valence-electron chi connectivity index (χ0n) is 17.3. The van der Waals surface area contributed by atoms with Gasteiger partial charge >= 0.3 is 0 Å². The lowest BCUT2D eigenvalue weighted by atomic mass is 9.99. The van der Waals surface area contributed by atoms with Gasteiger partial charge in [-0.05, 0) is 29.8 Å². The van der Waals surface area contributed by atoms with Crippen molar-refractivity contribution in [1.82, 2.24) is 0 Å². The van der Waals surface area contributed by atoms with Crippen molar-refractivity contribution >= 4 is 11.0 Å². The number of rotatable bonds is 4. The second-order valence-corrected chi connectivity index (χ2v) is 7.81. The zero-order chi connectivity index (χ0) is 23.1. The van der Waals surface area contributed by atoms with Gasteiger partial charge < -0.3 is 43.8 Å². The maximum absolute atomic E-state index is 13.1. The average molecular weight is 458 g/mol. The van der Waals surface area contributed by atoms with E-state index in [4.69, 9.17) is 23.4 Å². The zero-order valence-corrected chi connectivity index (χ0v) is 17.3. The third kappa shape index (κ3) is 3.92. The molecule has 0 spiro atoms. The van der Waals surface area contributed by atoms with Gasteiger partial charge in [0.2, 0.25) is 6.29 Å². The van der Waals surface area contributed by atoms with E-state index in [1.807, 2.05) is 0 Å². The molecular weight excluding hydrogens is 436 g/mol. The Labute approximate surface area is 187 Å². The van der Waals surface area contributed by atoms with Gasteiger partial charge in [-0.2, -0.15) is 0 Å². The number of benzene rings is 2. The summed E-state index contributed by atoms with van der Waals surface area (Å²) in [7, 11) is 0. The predicted molar refractivity (Wildman–Crippen MR) is 113 cm³/mol. The van der Waals surface area contributed by atoms with Crippen LogP contribution in [-0.2, 0) is 4.74 Å². The number of ether oxygens (including phenoxy) is 4. The van der Waals surface area contributed by atoms with Crippen LogP contribution in [0.25, 0.3) is 22.1 Å². The van der Waals surface area contributed by atoms with Gasteiger partial charge in [0.15, 0.2) is 16.9 Å². The fourth-order valence-corrected chi connectivity index (χ4v) is 3.89. The molecule has 174 valence electrons. The molecule has 1 saturated heterocycles. The molecule has 0 bridgehead atoms. The van der Waals surface area contributed by atoms with Crippen LogP contribution in [0.1, 0.15) is 0 Å². The van der Waals surface area contributed by atoms with Crippen molar-refractivity contribution in [1.29, 1.82) is 0 Å². The van der Waals surface area contributed by atoms with Crippen molar-refractivity contribution in [3.8, 4) is 28.4 Å². The summed E-state index contributed by atoms with van der Waals surface area (Å²) in [5.74, 6) is 1.37. The third-order valence-electron chi connectivity index (χ3n) is 5.70. The molecule has 3 aromatic rings. The van der Waals surface area contributed by atoms with Gasteiger partial charge in [-0.3, -0.25) is 4.79 Å². The van der Waals surface area contributed by atoms with Crippen molar-refractivity contribution in [3.05, 3.63) is 52.9 Å². The minimum absolute atomic E-state index is 0.196. The molecule has 0 unspecified atom stereocenters. The number of aliphatic hydroxyl groups is 4. The summed E-state index contributed by atoms with van der Waals surface area (Å²) < 4.78 is 27.7. The summed E-state index contributed by atoms with van der Waals surface area (Å²) in [5, 5.41) is 39.6. The Balaban J connectivity index is 1.42. The van der Waals surface area contributed by atoms with Crippen LogP contribution in [0.3, 0.4) is 0 Å². The Morgan fingerprint density at radius 3 is 2.52 bits per heavy atom. The van der Waals surface area contributed by atoms with Crippen LogP contribution in [0.4, 0.5) is 0 Å². The minimum Gasteiger partial charge on any atom is -0.486 e. The first kappa shape index (κ1) is 21.7. The first-order valence-electron chi connectivity index (χ1n) is 10.4. The molecule has 5 atom stereocenters. The number of hydrogen-bond donors (Lipinski definition) is 4. The molecule has 0 amide bonds. The Bertz CT molecular complexity index is 1220. The Morgan fingerprint density at radius 1 is 0.939 bits per heavy atom. The molecule has 33 heavy (non-hydrogen) atoms. The lowest BCUT2D eigenvalue weighted by Gasteiger charge is -2.39. The number of fused-ring (bicyclic) bond motifs is 2. The highest BCUT2D eigenvalue weighted by molar-refractivity contribution is 5.83. The van der Waals surface area contributed by atoms with Crippen LogP contribution < -0.4 is 19.6 Å². The Kier molecular flexibility index (Phi) is 5.69. The van der Waals surface area contributed by atoms with Gasteiger partial charge in [-0.25, -0.2) is 0 Å². The summed E-state index contributed by atoms with van der Waals surface area (Å²) in [5.41, 5.74) is 0.953. The maximum atomic E-state index is 13.1. The molecule has 1 aromatic heterocycles. The van der Waals surface area contributed by atoms with Crippen LogP contribution in [-0.4, -0.2) is 71.0 Å². The van der Waals surface area contributed by atoms with Crippen LogP contribution in [0, 0.1) is 0 Å². The Morgan fingerprint density at radius 2 is 1.73 bits per heavy atom. The molecule has 4 N–H and O–H groups in total. The maximum Gasteiger partial charge on any atom is 0.229 e. The van der Waals surface area contributed by atoms with Crippen LogP contribution >= 0.6 is 0 Å². The highest BCUT2D eigenvalue weighted by atomic mass is 16.7. The number of hydrogen-bond acceptors (Lipinski definition) is 10. The summed E-state index contributed by atoms with van der Waals surface area (Å²) in [6.45, 7) is 0.331. The highest BCUT2D eigenvalue weighted by Gasteiger charge is 2.44. The molecule has 2 aliphatic rings. The van der Waals surface area contributed by atoms with Crippen LogP contribution in [0.5, 0.6) is 17.2 Å². The summed E-state index contributed by atoms with van der Waals surface area (Å²) in [6.07, 6.45) is -5.70. The molecule has 10 nitrogen and oxygen atoms in total. The van der Waals surface area contributed by atoms with Crippen LogP contribution in [0.2, 0.25) is 0 Å². The van der Waals surface area contributed by atoms with Crippen molar-refractivity contribution in [2.45, 2.75) is 30.7 Å². The first-order chi connectivity index (χ1) is 16.0. The van der Waals surface area contributed by atoms with E-state index in [0.29, 0.717) is 41.2 Å². The standard InChI is InChI=1S/C23H22O10/c24-9-18-20(26)21(27)22(28)23(33-18)32-12-2-3-13-16(8-12)31-10-14(19(13)25)11-1-4-15-17(7-11)30-6-5-29-15/h1-4,7-8,10,18,20-24,26-28H,5-6,9H2/t18-,20-,21-,22+,23+/m1/s1. The Hall–Kier alpha value is -3.15. The van der Waals surface area contributed by atoms with Crippen molar-refractivity contribution in [2.75, 3.05) is 19.8 Å². The lowest BCUT2D eigenvalue weighted by Crippen LogP contribution is -2.60. The molecule has 2 aromatic carbocycles. The quantitative estimate of drug-likeness (QED) is 0.433. The van der Waals surface area contributed by atoms with E-state index >= 15 is 0 Å². The van der Waals surface area contributed by atoms with E-state index in [1.54, 1.807) is 18.2 Å².